The van der Waals surface area contributed by atoms with Crippen LogP contribution >= 0.6 is 0 Å². The van der Waals surface area contributed by atoms with Crippen molar-refractivity contribution in [1.82, 2.24) is 5.32 Å². The maximum atomic E-state index is 13.4. The Morgan fingerprint density at radius 3 is 2.15 bits per heavy atom. The molecule has 1 amide bonds. The molecule has 3 aromatic rings. The fourth-order valence-corrected chi connectivity index (χ4v) is 5.16. The van der Waals surface area contributed by atoms with E-state index >= 15 is 0 Å². The molecule has 0 radical (unpaired) electrons. The predicted octanol–water partition coefficient (Wildman–Crippen LogP) is 4.59. The Kier molecular flexibility index (Phi) is 7.36. The van der Waals surface area contributed by atoms with Crippen molar-refractivity contribution in [1.29, 1.82) is 0 Å². The Balaban J connectivity index is 1.91. The van der Waals surface area contributed by atoms with Crippen molar-refractivity contribution in [3.05, 3.63) is 99.1 Å². The number of sulfonamides is 1. The van der Waals surface area contributed by atoms with Gasteiger partial charge in [0.05, 0.1) is 21.5 Å². The van der Waals surface area contributed by atoms with E-state index < -0.39 is 27.4 Å². The van der Waals surface area contributed by atoms with Gasteiger partial charge >= 0.3 is 0 Å². The Hall–Kier alpha value is -3.72. The van der Waals surface area contributed by atoms with Gasteiger partial charge in [0, 0.05) is 12.1 Å². The number of carbonyl (C=O) groups excluding carboxylic acids is 1. The number of aryl methyl sites for hydroxylation is 3. The van der Waals surface area contributed by atoms with Crippen molar-refractivity contribution >= 4 is 27.3 Å². The number of hydrogen-bond acceptors (Lipinski definition) is 5. The van der Waals surface area contributed by atoms with Gasteiger partial charge in [-0.2, -0.15) is 0 Å². The van der Waals surface area contributed by atoms with Crippen LogP contribution in [0.2, 0.25) is 0 Å². The number of nitrogens with one attached hydrogen (secondary N) is 1. The third-order valence-electron chi connectivity index (χ3n) is 5.69. The highest BCUT2D eigenvalue weighted by atomic mass is 32.2. The molecule has 0 aromatic heterocycles. The molecule has 0 saturated carbocycles. The van der Waals surface area contributed by atoms with Crippen LogP contribution in [0.15, 0.2) is 71.6 Å². The number of nitro benzene ring substituents is 1. The smallest absolute Gasteiger partial charge is 0.269 e. The molecule has 34 heavy (non-hydrogen) atoms. The van der Waals surface area contributed by atoms with Gasteiger partial charge in [0.25, 0.3) is 15.7 Å². The SMILES string of the molecule is Cc1cc(C)c([C@H](C)NC(=O)CN(c2ccc([N+](=O)[O-])cc2)S(=O)(=O)c2ccccc2)cc1C. The van der Waals surface area contributed by atoms with Crippen molar-refractivity contribution in [2.75, 3.05) is 10.8 Å². The average Bonchev–Trinajstić information content (AvgIpc) is 2.80. The van der Waals surface area contributed by atoms with Gasteiger partial charge in [-0.05, 0) is 74.2 Å². The molecule has 0 unspecified atom stereocenters. The van der Waals surface area contributed by atoms with Gasteiger partial charge in [0.15, 0.2) is 0 Å². The van der Waals surface area contributed by atoms with Gasteiger partial charge in [-0.25, -0.2) is 8.42 Å². The second kappa shape index (κ2) is 10.0. The van der Waals surface area contributed by atoms with Crippen molar-refractivity contribution in [2.45, 2.75) is 38.6 Å². The summed E-state index contributed by atoms with van der Waals surface area (Å²) in [6.45, 7) is 7.34. The summed E-state index contributed by atoms with van der Waals surface area (Å²) in [7, 11) is -4.10. The second-order valence-corrected chi connectivity index (χ2v) is 10.0. The van der Waals surface area contributed by atoms with Crippen LogP contribution in [0.5, 0.6) is 0 Å². The molecule has 0 fully saturated rings. The number of anilines is 1. The topological polar surface area (TPSA) is 110 Å². The molecule has 0 aliphatic rings. The van der Waals surface area contributed by atoms with Crippen LogP contribution in [0.1, 0.15) is 35.2 Å². The summed E-state index contributed by atoms with van der Waals surface area (Å²) in [4.78, 5) is 23.5. The number of carbonyl (C=O) groups is 1. The molecule has 178 valence electrons. The molecule has 3 aromatic carbocycles. The number of non-ortho nitro benzene ring substituents is 1. The quantitative estimate of drug-likeness (QED) is 0.374. The summed E-state index contributed by atoms with van der Waals surface area (Å²) < 4.78 is 27.7. The van der Waals surface area contributed by atoms with Gasteiger partial charge in [-0.1, -0.05) is 30.3 Å². The summed E-state index contributed by atoms with van der Waals surface area (Å²) >= 11 is 0. The molecule has 0 bridgehead atoms. The number of amides is 1. The highest BCUT2D eigenvalue weighted by Crippen LogP contribution is 2.26. The molecule has 0 heterocycles. The van der Waals surface area contributed by atoms with Crippen molar-refractivity contribution in [2.24, 2.45) is 0 Å². The predicted molar refractivity (Wildman–Crippen MR) is 131 cm³/mol. The molecule has 1 atom stereocenters. The fourth-order valence-electron chi connectivity index (χ4n) is 3.72. The molecule has 0 spiro atoms. The fraction of sp³-hybridized carbons (Fsp3) is 0.240. The zero-order valence-electron chi connectivity index (χ0n) is 19.5. The molecule has 0 aliphatic carbocycles. The van der Waals surface area contributed by atoms with Crippen molar-refractivity contribution < 1.29 is 18.1 Å². The maximum Gasteiger partial charge on any atom is 0.269 e. The van der Waals surface area contributed by atoms with Gasteiger partial charge < -0.3 is 5.32 Å². The van der Waals surface area contributed by atoms with Gasteiger partial charge in [-0.15, -0.1) is 0 Å². The molecular formula is C25H27N3O5S. The van der Waals surface area contributed by atoms with E-state index in [2.05, 4.69) is 11.4 Å². The number of benzene rings is 3. The van der Waals surface area contributed by atoms with E-state index in [0.717, 1.165) is 26.6 Å². The van der Waals surface area contributed by atoms with Gasteiger partial charge in [0.1, 0.15) is 6.54 Å². The first-order chi connectivity index (χ1) is 16.0. The Bertz CT molecular complexity index is 1310. The lowest BCUT2D eigenvalue weighted by Crippen LogP contribution is -2.41. The van der Waals surface area contributed by atoms with Crippen molar-refractivity contribution in [3.8, 4) is 0 Å². The molecule has 1 N–H and O–H groups in total. The standard InChI is InChI=1S/C25H27N3O5S/c1-17-14-19(3)24(15-18(17)2)20(4)26-25(29)16-27(21-10-12-22(13-11-21)28(30)31)34(32,33)23-8-6-5-7-9-23/h5-15,20H,16H2,1-4H3,(H,26,29)/t20-/m0/s1. The average molecular weight is 482 g/mol. The summed E-state index contributed by atoms with van der Waals surface area (Å²) in [5, 5.41) is 13.9. The summed E-state index contributed by atoms with van der Waals surface area (Å²) in [5.74, 6) is -0.497. The first-order valence-electron chi connectivity index (χ1n) is 10.7. The Morgan fingerprint density at radius 1 is 0.971 bits per heavy atom. The van der Waals surface area contributed by atoms with E-state index in [9.17, 15) is 23.3 Å². The Labute approximate surface area is 199 Å². The monoisotopic (exact) mass is 481 g/mol. The lowest BCUT2D eigenvalue weighted by Gasteiger charge is -2.25. The maximum absolute atomic E-state index is 13.4. The van der Waals surface area contributed by atoms with Gasteiger partial charge in [-0.3, -0.25) is 19.2 Å². The molecule has 9 heteroatoms. The minimum atomic E-state index is -4.10. The van der Waals surface area contributed by atoms with E-state index in [4.69, 9.17) is 0 Å². The largest absolute Gasteiger partial charge is 0.348 e. The van der Waals surface area contributed by atoms with Gasteiger partial charge in [0.2, 0.25) is 5.91 Å². The van der Waals surface area contributed by atoms with Crippen LogP contribution in [0, 0.1) is 30.9 Å². The first-order valence-corrected chi connectivity index (χ1v) is 12.1. The molecule has 0 saturated heterocycles. The van der Waals surface area contributed by atoms with E-state index in [-0.39, 0.29) is 22.3 Å². The highest BCUT2D eigenvalue weighted by Gasteiger charge is 2.28. The molecule has 3 rings (SSSR count). The number of nitro groups is 1. The van der Waals surface area contributed by atoms with E-state index in [1.54, 1.807) is 18.2 Å². The van der Waals surface area contributed by atoms with E-state index in [0.29, 0.717) is 0 Å². The first kappa shape index (κ1) is 24.9. The van der Waals surface area contributed by atoms with E-state index in [1.165, 1.54) is 36.4 Å². The summed E-state index contributed by atoms with van der Waals surface area (Å²) in [5.41, 5.74) is 4.20. The minimum Gasteiger partial charge on any atom is -0.348 e. The van der Waals surface area contributed by atoms with Crippen LogP contribution < -0.4 is 9.62 Å². The molecular weight excluding hydrogens is 454 g/mol. The second-order valence-electron chi connectivity index (χ2n) is 8.18. The third kappa shape index (κ3) is 5.43. The zero-order chi connectivity index (χ0) is 25.0. The summed E-state index contributed by atoms with van der Waals surface area (Å²) in [6, 6.07) is 16.5. The lowest BCUT2D eigenvalue weighted by molar-refractivity contribution is -0.384. The number of hydrogen-bond donors (Lipinski definition) is 1. The summed E-state index contributed by atoms with van der Waals surface area (Å²) in [6.07, 6.45) is 0. The van der Waals surface area contributed by atoms with Crippen molar-refractivity contribution in [3.63, 3.8) is 0 Å². The van der Waals surface area contributed by atoms with Crippen LogP contribution in [-0.2, 0) is 14.8 Å². The minimum absolute atomic E-state index is 0.0132. The molecule has 0 aliphatic heterocycles. The normalized spacial score (nSPS) is 12.1. The van der Waals surface area contributed by atoms with Crippen LogP contribution in [0.4, 0.5) is 11.4 Å². The highest BCUT2D eigenvalue weighted by molar-refractivity contribution is 7.92. The zero-order valence-corrected chi connectivity index (χ0v) is 20.3. The number of nitrogens with zero attached hydrogens (tertiary/aromatic N) is 2. The number of rotatable bonds is 8. The van der Waals surface area contributed by atoms with Crippen LogP contribution in [0.25, 0.3) is 0 Å². The Morgan fingerprint density at radius 2 is 1.56 bits per heavy atom. The van der Waals surface area contributed by atoms with Crippen LogP contribution in [-0.4, -0.2) is 25.8 Å². The molecule has 8 nitrogen and oxygen atoms in total. The van der Waals surface area contributed by atoms with Crippen LogP contribution in [0.3, 0.4) is 0 Å². The van der Waals surface area contributed by atoms with E-state index in [1.807, 2.05) is 33.8 Å². The lowest BCUT2D eigenvalue weighted by atomic mass is 9.96. The third-order valence-corrected chi connectivity index (χ3v) is 7.48.